The number of piperazine rings is 1. The van der Waals surface area contributed by atoms with E-state index in [9.17, 15) is 4.79 Å². The zero-order chi connectivity index (χ0) is 20.2. The Morgan fingerprint density at radius 3 is 2.68 bits per heavy atom. The topological polar surface area (TPSA) is 101 Å². The van der Waals surface area contributed by atoms with Crippen LogP contribution < -0.4 is 14.8 Å². The van der Waals surface area contributed by atoms with Crippen molar-refractivity contribution < 1.29 is 28.9 Å². The molecule has 0 unspecified atom stereocenters. The zero-order valence-corrected chi connectivity index (χ0v) is 16.3. The van der Waals surface area contributed by atoms with E-state index in [1.807, 2.05) is 18.2 Å². The molecule has 9 heteroatoms. The van der Waals surface area contributed by atoms with Gasteiger partial charge in [0.1, 0.15) is 18.1 Å². The van der Waals surface area contributed by atoms with Crippen molar-refractivity contribution in [1.82, 2.24) is 15.1 Å². The average molecular weight is 395 g/mol. The summed E-state index contributed by atoms with van der Waals surface area (Å²) in [6.07, 6.45) is 0. The molecule has 2 saturated heterocycles. The maximum atomic E-state index is 11.6. The molecule has 0 saturated carbocycles. The van der Waals surface area contributed by atoms with Crippen LogP contribution in [0.3, 0.4) is 0 Å². The molecule has 0 radical (unpaired) electrons. The lowest BCUT2D eigenvalue weighted by Crippen LogP contribution is -2.47. The molecule has 2 N–H and O–H groups in total. The number of ether oxygens (including phenoxy) is 3. The number of hydrogen-bond donors (Lipinski definition) is 2. The highest BCUT2D eigenvalue weighted by Crippen LogP contribution is 2.25. The van der Waals surface area contributed by atoms with E-state index in [2.05, 4.69) is 15.1 Å². The van der Waals surface area contributed by atoms with Crippen LogP contribution in [0.1, 0.15) is 5.56 Å². The Hall–Kier alpha value is -2.36. The Balaban J connectivity index is 0.000000878. The minimum Gasteiger partial charge on any atom is -0.496 e. The molecule has 1 aromatic carbocycles. The van der Waals surface area contributed by atoms with Gasteiger partial charge in [-0.2, -0.15) is 0 Å². The molecular weight excluding hydrogens is 366 g/mol. The normalized spacial score (nSPS) is 17.8. The lowest BCUT2D eigenvalue weighted by atomic mass is 10.1. The number of methoxy groups -OCH3 is 1. The zero-order valence-electron chi connectivity index (χ0n) is 16.3. The van der Waals surface area contributed by atoms with Crippen LogP contribution in [0.4, 0.5) is 0 Å². The minimum atomic E-state index is -0.250. The number of rotatable bonds is 7. The summed E-state index contributed by atoms with van der Waals surface area (Å²) in [4.78, 5) is 24.4. The lowest BCUT2D eigenvalue weighted by molar-refractivity contribution is -0.124. The second-order valence-corrected chi connectivity index (χ2v) is 6.44. The summed E-state index contributed by atoms with van der Waals surface area (Å²) in [6, 6.07) is 5.89. The Morgan fingerprint density at radius 1 is 1.25 bits per heavy atom. The molecule has 3 rings (SSSR count). The Bertz CT molecular complexity index is 622. The number of carbonyl (C=O) groups is 2. The molecule has 28 heavy (non-hydrogen) atoms. The van der Waals surface area contributed by atoms with E-state index in [0.717, 1.165) is 56.5 Å². The van der Waals surface area contributed by atoms with Crippen LogP contribution in [-0.2, 0) is 20.9 Å². The second kappa shape index (κ2) is 12.2. The number of nitrogens with zero attached hydrogens (tertiary/aromatic N) is 2. The molecule has 156 valence electrons. The second-order valence-electron chi connectivity index (χ2n) is 6.44. The summed E-state index contributed by atoms with van der Waals surface area (Å²) >= 11 is 0. The smallest absolute Gasteiger partial charge is 0.290 e. The van der Waals surface area contributed by atoms with E-state index in [0.29, 0.717) is 26.2 Å². The monoisotopic (exact) mass is 395 g/mol. The summed E-state index contributed by atoms with van der Waals surface area (Å²) in [5, 5.41) is 9.74. The van der Waals surface area contributed by atoms with Crippen LogP contribution in [0.2, 0.25) is 0 Å². The Morgan fingerprint density at radius 2 is 2.00 bits per heavy atom. The average Bonchev–Trinajstić information content (AvgIpc) is 2.70. The van der Waals surface area contributed by atoms with Crippen molar-refractivity contribution in [1.29, 1.82) is 0 Å². The van der Waals surface area contributed by atoms with Gasteiger partial charge in [0.15, 0.2) is 0 Å². The van der Waals surface area contributed by atoms with E-state index in [-0.39, 0.29) is 12.4 Å². The van der Waals surface area contributed by atoms with Gasteiger partial charge in [-0.25, -0.2) is 0 Å². The van der Waals surface area contributed by atoms with Gasteiger partial charge in [-0.1, -0.05) is 0 Å². The van der Waals surface area contributed by atoms with Crippen LogP contribution in [0.15, 0.2) is 18.2 Å². The number of carboxylic acid groups (broad SMARTS) is 1. The molecule has 1 amide bonds. The Kier molecular flexibility index (Phi) is 9.53. The van der Waals surface area contributed by atoms with Gasteiger partial charge in [0.05, 0.1) is 26.9 Å². The van der Waals surface area contributed by atoms with Crippen molar-refractivity contribution in [2.24, 2.45) is 0 Å². The third-order valence-electron chi connectivity index (χ3n) is 4.54. The summed E-state index contributed by atoms with van der Waals surface area (Å²) < 4.78 is 16.7. The first-order valence-corrected chi connectivity index (χ1v) is 9.33. The maximum Gasteiger partial charge on any atom is 0.290 e. The van der Waals surface area contributed by atoms with Gasteiger partial charge >= 0.3 is 0 Å². The van der Waals surface area contributed by atoms with Gasteiger partial charge in [0.25, 0.3) is 6.47 Å². The van der Waals surface area contributed by atoms with Crippen molar-refractivity contribution in [2.45, 2.75) is 6.54 Å². The number of benzene rings is 1. The number of nitrogens with one attached hydrogen (secondary N) is 1. The van der Waals surface area contributed by atoms with Crippen LogP contribution >= 0.6 is 0 Å². The van der Waals surface area contributed by atoms with Crippen molar-refractivity contribution in [3.63, 3.8) is 0 Å². The van der Waals surface area contributed by atoms with Gasteiger partial charge in [-0.15, -0.1) is 0 Å². The fraction of sp³-hybridized carbons (Fsp3) is 0.579. The van der Waals surface area contributed by atoms with Gasteiger partial charge in [0, 0.05) is 44.8 Å². The summed E-state index contributed by atoms with van der Waals surface area (Å²) in [7, 11) is 1.67. The molecular formula is C19H29N3O6. The molecule has 0 spiro atoms. The van der Waals surface area contributed by atoms with Crippen molar-refractivity contribution in [3.05, 3.63) is 23.8 Å². The molecule has 9 nitrogen and oxygen atoms in total. The SMILES string of the molecule is COc1ccc(OCCN2CCOCC2)cc1CN1CCNC(=O)C1.O=CO. The number of amides is 1. The minimum absolute atomic E-state index is 0.0723. The first-order valence-electron chi connectivity index (χ1n) is 9.33. The third-order valence-corrected chi connectivity index (χ3v) is 4.54. The Labute approximate surface area is 165 Å². The lowest BCUT2D eigenvalue weighted by Gasteiger charge is -2.27. The van der Waals surface area contributed by atoms with E-state index in [1.54, 1.807) is 7.11 Å². The number of carbonyl (C=O) groups excluding carboxylic acids is 1. The predicted molar refractivity (Wildman–Crippen MR) is 103 cm³/mol. The van der Waals surface area contributed by atoms with Crippen molar-refractivity contribution in [3.8, 4) is 11.5 Å². The predicted octanol–water partition coefficient (Wildman–Crippen LogP) is 0.0388. The van der Waals surface area contributed by atoms with Gasteiger partial charge < -0.3 is 24.6 Å². The highest BCUT2D eigenvalue weighted by Gasteiger charge is 2.18. The van der Waals surface area contributed by atoms with Gasteiger partial charge in [0.2, 0.25) is 5.91 Å². The van der Waals surface area contributed by atoms with Crippen LogP contribution in [0.5, 0.6) is 11.5 Å². The van der Waals surface area contributed by atoms with Crippen LogP contribution in [0, 0.1) is 0 Å². The van der Waals surface area contributed by atoms with Gasteiger partial charge in [-0.05, 0) is 18.2 Å². The molecule has 0 atom stereocenters. The summed E-state index contributed by atoms with van der Waals surface area (Å²) in [6.45, 7) is 7.47. The molecule has 2 heterocycles. The molecule has 0 aliphatic carbocycles. The first kappa shape index (κ1) is 21.9. The van der Waals surface area contributed by atoms with E-state index >= 15 is 0 Å². The largest absolute Gasteiger partial charge is 0.496 e. The van der Waals surface area contributed by atoms with Gasteiger partial charge in [-0.3, -0.25) is 19.4 Å². The quantitative estimate of drug-likeness (QED) is 0.624. The summed E-state index contributed by atoms with van der Waals surface area (Å²) in [5.74, 6) is 1.74. The van der Waals surface area contributed by atoms with Crippen LogP contribution in [-0.4, -0.2) is 93.5 Å². The standard InChI is InChI=1S/C18H27N3O4.CH2O2/c1-23-17-3-2-16(25-11-8-20-6-9-24-10-7-20)12-15(17)13-21-5-4-19-18(22)14-21;2-1-3/h2-3,12H,4-11,13-14H2,1H3,(H,19,22);1H,(H,2,3). The summed E-state index contributed by atoms with van der Waals surface area (Å²) in [5.41, 5.74) is 1.04. The fourth-order valence-electron chi connectivity index (χ4n) is 3.15. The van der Waals surface area contributed by atoms with Crippen molar-refractivity contribution >= 4 is 12.4 Å². The molecule has 1 aromatic rings. The highest BCUT2D eigenvalue weighted by molar-refractivity contribution is 5.78. The van der Waals surface area contributed by atoms with Crippen LogP contribution in [0.25, 0.3) is 0 Å². The molecule has 2 aliphatic heterocycles. The third kappa shape index (κ3) is 7.34. The fourth-order valence-corrected chi connectivity index (χ4v) is 3.15. The van der Waals surface area contributed by atoms with E-state index in [4.69, 9.17) is 24.1 Å². The number of hydrogen-bond acceptors (Lipinski definition) is 7. The molecule has 2 fully saturated rings. The number of morpholine rings is 1. The maximum absolute atomic E-state index is 11.6. The molecule has 0 bridgehead atoms. The van der Waals surface area contributed by atoms with Crippen molar-refractivity contribution in [2.75, 3.05) is 66.2 Å². The highest BCUT2D eigenvalue weighted by atomic mass is 16.5. The molecule has 0 aromatic heterocycles. The molecule has 2 aliphatic rings. The first-order chi connectivity index (χ1) is 13.7. The van der Waals surface area contributed by atoms with E-state index < -0.39 is 0 Å². The van der Waals surface area contributed by atoms with E-state index in [1.165, 1.54) is 0 Å².